The number of aromatic nitrogens is 2. The van der Waals surface area contributed by atoms with E-state index in [1.165, 1.54) is 0 Å². The number of nitrogen functional groups attached to an aromatic ring is 1. The highest BCUT2D eigenvalue weighted by atomic mass is 35.5. The molecule has 126 valence electrons. The maximum absolute atomic E-state index is 13.2. The number of fused-ring (bicyclic) bond motifs is 1. The molecular formula is C18H21ClN4O. The van der Waals surface area contributed by atoms with Gasteiger partial charge in [0.2, 0.25) is 11.9 Å². The molecule has 2 heterocycles. The lowest BCUT2D eigenvalue weighted by Crippen LogP contribution is -2.40. The topological polar surface area (TPSA) is 72.1 Å². The fraction of sp³-hybridized carbons (Fsp3) is 0.389. The fourth-order valence-electron chi connectivity index (χ4n) is 3.22. The highest BCUT2D eigenvalue weighted by molar-refractivity contribution is 6.30. The number of halogens is 1. The van der Waals surface area contributed by atoms with Crippen molar-refractivity contribution in [3.8, 4) is 0 Å². The van der Waals surface area contributed by atoms with Crippen LogP contribution in [-0.4, -0.2) is 27.3 Å². The van der Waals surface area contributed by atoms with Crippen LogP contribution in [0.1, 0.15) is 36.6 Å². The van der Waals surface area contributed by atoms with Crippen molar-refractivity contribution >= 4 is 23.5 Å². The summed E-state index contributed by atoms with van der Waals surface area (Å²) in [5, 5.41) is 0.649. The lowest BCUT2D eigenvalue weighted by molar-refractivity contribution is -0.134. The van der Waals surface area contributed by atoms with Gasteiger partial charge in [0.15, 0.2) is 0 Å². The average Bonchev–Trinajstić information content (AvgIpc) is 2.54. The number of carbonyl (C=O) groups is 1. The average molecular weight is 345 g/mol. The molecule has 1 aromatic heterocycles. The van der Waals surface area contributed by atoms with E-state index in [0.29, 0.717) is 18.1 Å². The number of carbonyl (C=O) groups excluding carboxylic acids is 1. The molecule has 2 N–H and O–H groups in total. The number of nitrogens with zero attached hydrogens (tertiary/aromatic N) is 3. The van der Waals surface area contributed by atoms with Crippen LogP contribution in [0.3, 0.4) is 0 Å². The molecule has 1 amide bonds. The second kappa shape index (κ2) is 6.77. The van der Waals surface area contributed by atoms with Crippen LogP contribution in [0.15, 0.2) is 30.5 Å². The summed E-state index contributed by atoms with van der Waals surface area (Å²) in [6, 6.07) is 7.55. The van der Waals surface area contributed by atoms with Crippen molar-refractivity contribution in [1.29, 1.82) is 0 Å². The minimum absolute atomic E-state index is 0.107. The molecule has 0 fully saturated rings. The van der Waals surface area contributed by atoms with E-state index in [-0.39, 0.29) is 23.7 Å². The molecule has 3 rings (SSSR count). The van der Waals surface area contributed by atoms with E-state index in [1.54, 1.807) is 6.20 Å². The molecule has 0 aliphatic carbocycles. The summed E-state index contributed by atoms with van der Waals surface area (Å²) in [7, 11) is 0. The van der Waals surface area contributed by atoms with Crippen LogP contribution in [-0.2, 0) is 17.8 Å². The summed E-state index contributed by atoms with van der Waals surface area (Å²) < 4.78 is 0. The molecule has 0 spiro atoms. The second-order valence-electron chi connectivity index (χ2n) is 6.49. The largest absolute Gasteiger partial charge is 0.368 e. The maximum Gasteiger partial charge on any atom is 0.230 e. The van der Waals surface area contributed by atoms with Crippen molar-refractivity contribution in [2.45, 2.75) is 32.7 Å². The van der Waals surface area contributed by atoms with Crippen molar-refractivity contribution in [3.05, 3.63) is 52.3 Å². The normalized spacial score (nSPS) is 15.2. The summed E-state index contributed by atoms with van der Waals surface area (Å²) in [4.78, 5) is 23.3. The van der Waals surface area contributed by atoms with Gasteiger partial charge in [-0.25, -0.2) is 9.97 Å². The number of nitrogens with two attached hydrogens (primary N) is 1. The van der Waals surface area contributed by atoms with Crippen molar-refractivity contribution in [2.24, 2.45) is 5.92 Å². The van der Waals surface area contributed by atoms with E-state index >= 15 is 0 Å². The van der Waals surface area contributed by atoms with Crippen LogP contribution < -0.4 is 5.73 Å². The summed E-state index contributed by atoms with van der Waals surface area (Å²) in [6.45, 7) is 5.26. The van der Waals surface area contributed by atoms with Gasteiger partial charge in [0.1, 0.15) is 0 Å². The predicted molar refractivity (Wildman–Crippen MR) is 94.6 cm³/mol. The number of benzene rings is 1. The highest BCUT2D eigenvalue weighted by Crippen LogP contribution is 2.30. The van der Waals surface area contributed by atoms with Crippen LogP contribution >= 0.6 is 11.6 Å². The Balaban J connectivity index is 1.86. The van der Waals surface area contributed by atoms with Gasteiger partial charge in [0.05, 0.1) is 18.2 Å². The number of anilines is 1. The van der Waals surface area contributed by atoms with E-state index < -0.39 is 0 Å². The minimum Gasteiger partial charge on any atom is -0.368 e. The van der Waals surface area contributed by atoms with E-state index in [1.807, 2.05) is 29.2 Å². The Hall–Kier alpha value is -2.14. The Kier molecular flexibility index (Phi) is 4.71. The lowest BCUT2D eigenvalue weighted by Gasteiger charge is -2.32. The molecular weight excluding hydrogens is 324 g/mol. The minimum atomic E-state index is -0.218. The molecule has 0 radical (unpaired) electrons. The van der Waals surface area contributed by atoms with Crippen molar-refractivity contribution in [3.63, 3.8) is 0 Å². The first-order valence-electron chi connectivity index (χ1n) is 8.10. The first kappa shape index (κ1) is 16.7. The predicted octanol–water partition coefficient (Wildman–Crippen LogP) is 3.04. The Bertz CT molecular complexity index is 762. The van der Waals surface area contributed by atoms with Crippen molar-refractivity contribution < 1.29 is 4.79 Å². The molecule has 1 aliphatic rings. The van der Waals surface area contributed by atoms with Gasteiger partial charge in [-0.05, 0) is 35.6 Å². The standard InChI is InChI=1S/C18H21ClN4O/c1-11(2)16(12-4-3-5-14(19)8-12)17(24)23-7-6-13-9-21-18(20)22-15(13)10-23/h3-5,8-9,11,16H,6-7,10H2,1-2H3,(H2,20,21,22). The maximum atomic E-state index is 13.2. The summed E-state index contributed by atoms with van der Waals surface area (Å²) in [5.74, 6) is 0.311. The van der Waals surface area contributed by atoms with Crippen LogP contribution in [0.25, 0.3) is 0 Å². The third-order valence-electron chi connectivity index (χ3n) is 4.42. The lowest BCUT2D eigenvalue weighted by atomic mass is 9.86. The van der Waals surface area contributed by atoms with Gasteiger partial charge in [-0.3, -0.25) is 4.79 Å². The van der Waals surface area contributed by atoms with Gasteiger partial charge < -0.3 is 10.6 Å². The number of hydrogen-bond acceptors (Lipinski definition) is 4. The first-order chi connectivity index (χ1) is 11.5. The third-order valence-corrected chi connectivity index (χ3v) is 4.65. The summed E-state index contributed by atoms with van der Waals surface area (Å²) >= 11 is 6.11. The smallest absolute Gasteiger partial charge is 0.230 e. The van der Waals surface area contributed by atoms with E-state index in [9.17, 15) is 4.79 Å². The van der Waals surface area contributed by atoms with E-state index in [2.05, 4.69) is 23.8 Å². The van der Waals surface area contributed by atoms with Crippen molar-refractivity contribution in [2.75, 3.05) is 12.3 Å². The molecule has 6 heteroatoms. The molecule has 0 saturated carbocycles. The number of hydrogen-bond donors (Lipinski definition) is 1. The molecule has 0 saturated heterocycles. The van der Waals surface area contributed by atoms with E-state index in [0.717, 1.165) is 23.2 Å². The molecule has 5 nitrogen and oxygen atoms in total. The highest BCUT2D eigenvalue weighted by Gasteiger charge is 2.31. The van der Waals surface area contributed by atoms with Gasteiger partial charge in [0.25, 0.3) is 0 Å². The first-order valence-corrected chi connectivity index (χ1v) is 8.48. The molecule has 24 heavy (non-hydrogen) atoms. The van der Waals surface area contributed by atoms with Crippen LogP contribution in [0, 0.1) is 5.92 Å². The zero-order valence-electron chi connectivity index (χ0n) is 13.9. The Morgan fingerprint density at radius 2 is 2.17 bits per heavy atom. The molecule has 1 atom stereocenters. The number of rotatable bonds is 3. The monoisotopic (exact) mass is 344 g/mol. The van der Waals surface area contributed by atoms with Gasteiger partial charge in [0, 0.05) is 17.8 Å². The van der Waals surface area contributed by atoms with Gasteiger partial charge in [-0.2, -0.15) is 0 Å². The Labute approximate surface area is 146 Å². The van der Waals surface area contributed by atoms with E-state index in [4.69, 9.17) is 17.3 Å². The third kappa shape index (κ3) is 3.36. The zero-order valence-corrected chi connectivity index (χ0v) is 14.6. The summed E-state index contributed by atoms with van der Waals surface area (Å²) in [6.07, 6.45) is 2.51. The molecule has 1 unspecified atom stereocenters. The summed E-state index contributed by atoms with van der Waals surface area (Å²) in [5.41, 5.74) is 8.54. The second-order valence-corrected chi connectivity index (χ2v) is 6.92. The van der Waals surface area contributed by atoms with Gasteiger partial charge in [-0.15, -0.1) is 0 Å². The number of amides is 1. The molecule has 1 aliphatic heterocycles. The van der Waals surface area contributed by atoms with Crippen LogP contribution in [0.5, 0.6) is 0 Å². The Morgan fingerprint density at radius 1 is 1.38 bits per heavy atom. The van der Waals surface area contributed by atoms with Gasteiger partial charge >= 0.3 is 0 Å². The van der Waals surface area contributed by atoms with Crippen LogP contribution in [0.2, 0.25) is 5.02 Å². The molecule has 2 aromatic rings. The molecule has 1 aromatic carbocycles. The molecule has 0 bridgehead atoms. The SMILES string of the molecule is CC(C)C(C(=O)N1CCc2cnc(N)nc2C1)c1cccc(Cl)c1. The van der Waals surface area contributed by atoms with Crippen molar-refractivity contribution in [1.82, 2.24) is 14.9 Å². The zero-order chi connectivity index (χ0) is 17.3. The fourth-order valence-corrected chi connectivity index (χ4v) is 3.41. The van der Waals surface area contributed by atoms with Crippen LogP contribution in [0.4, 0.5) is 5.95 Å². The van der Waals surface area contributed by atoms with Gasteiger partial charge in [-0.1, -0.05) is 37.6 Å². The quantitative estimate of drug-likeness (QED) is 0.928. The Morgan fingerprint density at radius 3 is 2.88 bits per heavy atom.